The Kier molecular flexibility index (Phi) is 13.9. The van der Waals surface area contributed by atoms with E-state index in [1.165, 1.54) is 221 Å². The Morgan fingerprint density at radius 1 is 0.219 bits per heavy atom. The van der Waals surface area contributed by atoms with Crippen molar-refractivity contribution in [2.24, 2.45) is 28.2 Å². The first-order valence-electron chi connectivity index (χ1n) is 37.3. The van der Waals surface area contributed by atoms with E-state index >= 15 is 0 Å². The van der Waals surface area contributed by atoms with Gasteiger partial charge in [-0.3, -0.25) is 0 Å². The maximum atomic E-state index is 2.45. The zero-order valence-electron chi connectivity index (χ0n) is 59.8. The van der Waals surface area contributed by atoms with Crippen LogP contribution in [-0.2, 0) is 60.3 Å². The van der Waals surface area contributed by atoms with E-state index in [0.717, 1.165) is 32.1 Å². The van der Waals surface area contributed by atoms with Crippen LogP contribution < -0.4 is 0 Å². The molecule has 25 rings (SSSR count). The van der Waals surface area contributed by atoms with Crippen LogP contribution in [0.3, 0.4) is 0 Å². The largest absolute Gasteiger partial charge is 0.344 e. The van der Waals surface area contributed by atoms with Gasteiger partial charge in [-0.05, 0) is 221 Å². The second kappa shape index (κ2) is 23.8. The summed E-state index contributed by atoms with van der Waals surface area (Å²) < 4.78 is 9.29. The first-order valence-corrected chi connectivity index (χ1v) is 37.3. The highest BCUT2D eigenvalue weighted by Crippen LogP contribution is 2.51. The topological polar surface area (TPSA) is 19.7 Å². The molecule has 0 N–H and O–H groups in total. The zero-order valence-corrected chi connectivity index (χ0v) is 59.8. The van der Waals surface area contributed by atoms with E-state index in [9.17, 15) is 0 Å². The summed E-state index contributed by atoms with van der Waals surface area (Å²) in [4.78, 5) is 0. The molecule has 4 heteroatoms. The Labute approximate surface area is 611 Å². The van der Waals surface area contributed by atoms with Crippen molar-refractivity contribution in [1.82, 2.24) is 18.3 Å². The standard InChI is InChI=1S/C21H16.4C20H15N/c1-13-16-7-4-5-9-18(16)21-11-15-10-14-6-2-3-8-17(14)20(15)12-19(13)21;1-21-19-9-5-4-8-16(19)18-12-17-14(11-20(18)21)10-13-6-2-3-7-15(13)17;1-21-18-9-5-4-8-16(18)17-11-10-14-12-13-6-2-3-7-15(13)19(14)20(17)21;1-21-17-9-5-4-8-16(17)20-18(21)11-10-14-12-13-6-2-3-7-15(13)19(14)20;1-21-18-9-5-4-8-16(18)20-17-12-13-6-2-3-7-14(13)15(17)10-11-19(20)21/h2-9,11-13H,10H2,1H3;2-9,11-12H,10H2,1H3;3*2-11H,12H2,1H3. The molecule has 0 saturated heterocycles. The van der Waals surface area contributed by atoms with Gasteiger partial charge in [0, 0.05) is 121 Å². The molecule has 4 nitrogen and oxygen atoms in total. The fourth-order valence-electron chi connectivity index (χ4n) is 19.5. The van der Waals surface area contributed by atoms with Crippen molar-refractivity contribution in [2.75, 3.05) is 0 Å². The summed E-state index contributed by atoms with van der Waals surface area (Å²) in [6.45, 7) is 2.33. The van der Waals surface area contributed by atoms with Gasteiger partial charge < -0.3 is 18.3 Å². The maximum absolute atomic E-state index is 2.45. The summed E-state index contributed by atoms with van der Waals surface area (Å²) in [6.07, 6.45) is 5.31. The molecule has 6 aliphatic rings. The van der Waals surface area contributed by atoms with Gasteiger partial charge in [0.1, 0.15) is 0 Å². The predicted molar refractivity (Wildman–Crippen MR) is 442 cm³/mol. The molecule has 15 aromatic carbocycles. The molecule has 0 saturated carbocycles. The minimum Gasteiger partial charge on any atom is -0.344 e. The van der Waals surface area contributed by atoms with E-state index in [1.807, 2.05) is 0 Å². The molecule has 0 fully saturated rings. The molecule has 0 amide bonds. The van der Waals surface area contributed by atoms with E-state index in [-0.39, 0.29) is 0 Å². The smallest absolute Gasteiger partial charge is 0.0571 e. The SMILES string of the molecule is CC1c2ccccc2-c2cc3c(cc21)-c1ccccc1C3.Cn1c2ccccc2c2c3c(ccc21)-c1ccccc1C3.Cn1c2ccccc2c2c3c(ccc21)Cc1ccccc1-3.Cn1c2ccccc2c2cc3c(cc21)Cc1ccccc1-3.Cn1c2ccccc2c2ccc3c(c21)-c1ccccc1C3. The Balaban J connectivity index is 0.0000000846. The summed E-state index contributed by atoms with van der Waals surface area (Å²) in [5.41, 5.74) is 45.3. The highest BCUT2D eigenvalue weighted by Gasteiger charge is 2.31. The zero-order chi connectivity index (χ0) is 69.9. The molecule has 6 aliphatic carbocycles. The van der Waals surface area contributed by atoms with Crippen LogP contribution in [0.2, 0.25) is 0 Å². The fraction of sp³-hybridized carbons (Fsp3) is 0.109. The highest BCUT2D eigenvalue weighted by atomic mass is 15.0. The van der Waals surface area contributed by atoms with Crippen LogP contribution in [-0.4, -0.2) is 18.3 Å². The molecular formula is C101H76N4. The van der Waals surface area contributed by atoms with Gasteiger partial charge in [-0.1, -0.05) is 250 Å². The van der Waals surface area contributed by atoms with Gasteiger partial charge in [-0.15, -0.1) is 0 Å². The maximum Gasteiger partial charge on any atom is 0.0571 e. The predicted octanol–water partition coefficient (Wildman–Crippen LogP) is 25.0. The summed E-state index contributed by atoms with van der Waals surface area (Å²) >= 11 is 0. The van der Waals surface area contributed by atoms with Gasteiger partial charge >= 0.3 is 0 Å². The average molecular weight is 1350 g/mol. The molecule has 1 atom stereocenters. The highest BCUT2D eigenvalue weighted by molar-refractivity contribution is 6.18. The molecule has 4 heterocycles. The number of nitrogens with zero attached hydrogens (tertiary/aromatic N) is 4. The van der Waals surface area contributed by atoms with Crippen LogP contribution in [0.15, 0.2) is 303 Å². The first kappa shape index (κ1) is 61.2. The number of rotatable bonds is 0. The second-order valence-corrected chi connectivity index (χ2v) is 29.9. The van der Waals surface area contributed by atoms with Crippen molar-refractivity contribution >= 4 is 87.2 Å². The van der Waals surface area contributed by atoms with Crippen LogP contribution in [0.1, 0.15) is 79.6 Å². The number of aryl methyl sites for hydroxylation is 4. The van der Waals surface area contributed by atoms with E-state index in [0.29, 0.717) is 5.92 Å². The number of hydrogen-bond acceptors (Lipinski definition) is 0. The normalized spacial score (nSPS) is 13.7. The van der Waals surface area contributed by atoms with E-state index < -0.39 is 0 Å². The molecule has 19 aromatic rings. The van der Waals surface area contributed by atoms with Gasteiger partial charge in [-0.25, -0.2) is 0 Å². The number of benzene rings is 15. The van der Waals surface area contributed by atoms with Crippen LogP contribution in [0.5, 0.6) is 0 Å². The van der Waals surface area contributed by atoms with Crippen molar-refractivity contribution < 1.29 is 0 Å². The first-order chi connectivity index (χ1) is 51.7. The lowest BCUT2D eigenvalue weighted by molar-refractivity contribution is 0.956. The molecule has 500 valence electrons. The third-order valence-corrected chi connectivity index (χ3v) is 24.5. The monoisotopic (exact) mass is 1340 g/mol. The molecule has 1 unspecified atom stereocenters. The van der Waals surface area contributed by atoms with E-state index in [2.05, 4.69) is 357 Å². The van der Waals surface area contributed by atoms with Crippen LogP contribution in [0.25, 0.3) is 154 Å². The van der Waals surface area contributed by atoms with Crippen molar-refractivity contribution in [1.29, 1.82) is 0 Å². The minimum atomic E-state index is 0.509. The van der Waals surface area contributed by atoms with Crippen LogP contribution in [0.4, 0.5) is 0 Å². The van der Waals surface area contributed by atoms with Crippen molar-refractivity contribution in [3.63, 3.8) is 0 Å². The van der Waals surface area contributed by atoms with Gasteiger partial charge in [0.2, 0.25) is 0 Å². The Hall–Kier alpha value is -12.5. The number of fused-ring (bicyclic) bond motifs is 33. The quantitative estimate of drug-likeness (QED) is 0.144. The number of hydrogen-bond donors (Lipinski definition) is 0. The second-order valence-electron chi connectivity index (χ2n) is 29.9. The van der Waals surface area contributed by atoms with E-state index in [4.69, 9.17) is 0 Å². The fourth-order valence-corrected chi connectivity index (χ4v) is 19.5. The molecular weight excluding hydrogens is 1270 g/mol. The Bertz CT molecular complexity index is 6860. The third kappa shape index (κ3) is 9.32. The van der Waals surface area contributed by atoms with E-state index in [1.54, 1.807) is 0 Å². The van der Waals surface area contributed by atoms with Gasteiger partial charge in [0.25, 0.3) is 0 Å². The van der Waals surface area contributed by atoms with Crippen molar-refractivity contribution in [3.8, 4) is 66.8 Å². The summed E-state index contributed by atoms with van der Waals surface area (Å²) in [7, 11) is 8.68. The molecule has 0 aliphatic heterocycles. The molecule has 0 radical (unpaired) electrons. The third-order valence-electron chi connectivity index (χ3n) is 24.5. The number of aromatic nitrogens is 4. The van der Waals surface area contributed by atoms with Gasteiger partial charge in [0.05, 0.1) is 5.52 Å². The van der Waals surface area contributed by atoms with Crippen LogP contribution >= 0.6 is 0 Å². The molecule has 0 spiro atoms. The summed E-state index contributed by atoms with van der Waals surface area (Å²) in [5.74, 6) is 0.509. The summed E-state index contributed by atoms with van der Waals surface area (Å²) in [6, 6.07) is 111. The molecule has 0 bridgehead atoms. The molecule has 4 aromatic heterocycles. The summed E-state index contributed by atoms with van der Waals surface area (Å²) in [5, 5.41) is 11.0. The Morgan fingerprint density at radius 2 is 0.629 bits per heavy atom. The Morgan fingerprint density at radius 3 is 1.26 bits per heavy atom. The van der Waals surface area contributed by atoms with Crippen molar-refractivity contribution in [3.05, 3.63) is 370 Å². The van der Waals surface area contributed by atoms with Gasteiger partial charge in [0.15, 0.2) is 0 Å². The lowest BCUT2D eigenvalue weighted by atomic mass is 9.95. The lowest BCUT2D eigenvalue weighted by Crippen LogP contribution is -1.90. The number of para-hydroxylation sites is 4. The van der Waals surface area contributed by atoms with Crippen LogP contribution in [0, 0.1) is 0 Å². The molecule has 105 heavy (non-hydrogen) atoms. The van der Waals surface area contributed by atoms with Crippen molar-refractivity contribution in [2.45, 2.75) is 44.9 Å². The minimum absolute atomic E-state index is 0.509. The lowest BCUT2D eigenvalue weighted by Gasteiger charge is -2.09. The average Bonchev–Trinajstić information content (AvgIpc) is 1.53. The van der Waals surface area contributed by atoms with Gasteiger partial charge in [-0.2, -0.15) is 0 Å².